The van der Waals surface area contributed by atoms with Crippen LogP contribution in [0, 0.1) is 0 Å². The molecule has 0 amide bonds. The molecule has 2 heterocycles. The van der Waals surface area contributed by atoms with Gasteiger partial charge in [-0.2, -0.15) is 0 Å². The van der Waals surface area contributed by atoms with Gasteiger partial charge in [-0.05, 0) is 48.6 Å². The Hall–Kier alpha value is -1.80. The van der Waals surface area contributed by atoms with Gasteiger partial charge in [0.1, 0.15) is 0 Å². The fourth-order valence-corrected chi connectivity index (χ4v) is 3.51. The molecule has 102 valence electrons. The maximum Gasteiger partial charge on any atom is 0.0465 e. The minimum Gasteiger partial charge on any atom is -0.358 e. The quantitative estimate of drug-likeness (QED) is 0.809. The fraction of sp³-hybridized carbons (Fsp3) is 0.333. The maximum atomic E-state index is 3.65. The zero-order chi connectivity index (χ0) is 13.4. The second kappa shape index (κ2) is 4.95. The average Bonchev–Trinajstić information content (AvgIpc) is 2.70. The van der Waals surface area contributed by atoms with Gasteiger partial charge in [-0.1, -0.05) is 30.4 Å². The van der Waals surface area contributed by atoms with Gasteiger partial charge in [-0.3, -0.25) is 0 Å². The van der Waals surface area contributed by atoms with E-state index in [0.717, 1.165) is 38.8 Å². The SMILES string of the molecule is C1=CCCC(c2cccc3[nH]c4c(c23)CCNCC4)=C1. The van der Waals surface area contributed by atoms with Crippen molar-refractivity contribution >= 4 is 16.5 Å². The fourth-order valence-electron chi connectivity index (χ4n) is 3.51. The minimum atomic E-state index is 1.08. The van der Waals surface area contributed by atoms with E-state index in [2.05, 4.69) is 46.7 Å². The van der Waals surface area contributed by atoms with E-state index in [1.807, 2.05) is 0 Å². The van der Waals surface area contributed by atoms with Crippen LogP contribution in [-0.2, 0) is 12.8 Å². The highest BCUT2D eigenvalue weighted by atomic mass is 14.9. The Morgan fingerprint density at radius 2 is 1.95 bits per heavy atom. The van der Waals surface area contributed by atoms with Crippen LogP contribution in [0.3, 0.4) is 0 Å². The summed E-state index contributed by atoms with van der Waals surface area (Å²) in [6, 6.07) is 6.70. The molecule has 4 rings (SSSR count). The first-order chi connectivity index (χ1) is 9.93. The first-order valence-electron chi connectivity index (χ1n) is 7.63. The number of aromatic amines is 1. The van der Waals surface area contributed by atoms with Gasteiger partial charge in [0.15, 0.2) is 0 Å². The van der Waals surface area contributed by atoms with E-state index in [1.165, 1.54) is 33.3 Å². The van der Waals surface area contributed by atoms with Gasteiger partial charge in [0.2, 0.25) is 0 Å². The number of H-pyrrole nitrogens is 1. The van der Waals surface area contributed by atoms with Gasteiger partial charge in [-0.15, -0.1) is 0 Å². The lowest BCUT2D eigenvalue weighted by Crippen LogP contribution is -2.16. The summed E-state index contributed by atoms with van der Waals surface area (Å²) >= 11 is 0. The van der Waals surface area contributed by atoms with Gasteiger partial charge >= 0.3 is 0 Å². The molecule has 1 aliphatic carbocycles. The Labute approximate surface area is 119 Å². The van der Waals surface area contributed by atoms with Crippen LogP contribution in [0.5, 0.6) is 0 Å². The van der Waals surface area contributed by atoms with Gasteiger partial charge in [-0.25, -0.2) is 0 Å². The summed E-state index contributed by atoms with van der Waals surface area (Å²) in [5, 5.41) is 4.96. The number of nitrogens with one attached hydrogen (secondary N) is 2. The standard InChI is InChI=1S/C18H20N2/c1-2-5-13(6-3-1)14-7-4-8-17-18(14)15-9-11-19-12-10-16(15)20-17/h1-2,4-5,7-8,19-20H,3,6,9-12H2. The van der Waals surface area contributed by atoms with Crippen molar-refractivity contribution < 1.29 is 0 Å². The third-order valence-electron chi connectivity index (χ3n) is 4.48. The lowest BCUT2D eigenvalue weighted by Gasteiger charge is -2.12. The molecule has 1 aliphatic heterocycles. The van der Waals surface area contributed by atoms with Gasteiger partial charge in [0, 0.05) is 29.6 Å². The van der Waals surface area contributed by atoms with Crippen LogP contribution in [-0.4, -0.2) is 18.1 Å². The van der Waals surface area contributed by atoms with E-state index in [-0.39, 0.29) is 0 Å². The lowest BCUT2D eigenvalue weighted by atomic mass is 9.92. The smallest absolute Gasteiger partial charge is 0.0465 e. The Morgan fingerprint density at radius 1 is 1.00 bits per heavy atom. The first-order valence-corrected chi connectivity index (χ1v) is 7.63. The van der Waals surface area contributed by atoms with Gasteiger partial charge in [0.25, 0.3) is 0 Å². The number of benzene rings is 1. The number of rotatable bonds is 1. The topological polar surface area (TPSA) is 27.8 Å². The van der Waals surface area contributed by atoms with Crippen LogP contribution in [0.25, 0.3) is 16.5 Å². The van der Waals surface area contributed by atoms with E-state index < -0.39 is 0 Å². The lowest BCUT2D eigenvalue weighted by molar-refractivity contribution is 0.708. The van der Waals surface area contributed by atoms with E-state index in [9.17, 15) is 0 Å². The van der Waals surface area contributed by atoms with Crippen LogP contribution in [0.2, 0.25) is 0 Å². The molecule has 0 radical (unpaired) electrons. The van der Waals surface area contributed by atoms with Crippen molar-refractivity contribution in [2.45, 2.75) is 25.7 Å². The zero-order valence-electron chi connectivity index (χ0n) is 11.7. The number of hydrogen-bond donors (Lipinski definition) is 2. The molecule has 2 nitrogen and oxygen atoms in total. The van der Waals surface area contributed by atoms with Crippen LogP contribution >= 0.6 is 0 Å². The second-order valence-electron chi connectivity index (χ2n) is 5.72. The predicted octanol–water partition coefficient (Wildman–Crippen LogP) is 3.59. The summed E-state index contributed by atoms with van der Waals surface area (Å²) < 4.78 is 0. The van der Waals surface area contributed by atoms with Crippen molar-refractivity contribution in [1.29, 1.82) is 0 Å². The van der Waals surface area contributed by atoms with Crippen molar-refractivity contribution in [3.8, 4) is 0 Å². The molecule has 0 saturated heterocycles. The molecule has 2 aromatic rings. The summed E-state index contributed by atoms with van der Waals surface area (Å²) in [5.74, 6) is 0. The molecule has 0 spiro atoms. The van der Waals surface area contributed by atoms with Gasteiger partial charge in [0.05, 0.1) is 0 Å². The van der Waals surface area contributed by atoms with E-state index in [4.69, 9.17) is 0 Å². The molecule has 2 N–H and O–H groups in total. The summed E-state index contributed by atoms with van der Waals surface area (Å²) in [6.45, 7) is 2.17. The third kappa shape index (κ3) is 1.92. The normalized spacial score (nSPS) is 18.7. The Kier molecular flexibility index (Phi) is 2.96. The molecule has 0 fully saturated rings. The number of aromatic nitrogens is 1. The largest absolute Gasteiger partial charge is 0.358 e. The molecule has 2 heteroatoms. The monoisotopic (exact) mass is 264 g/mol. The highest BCUT2D eigenvalue weighted by Gasteiger charge is 2.17. The van der Waals surface area contributed by atoms with Crippen molar-refractivity contribution in [2.75, 3.05) is 13.1 Å². The van der Waals surface area contributed by atoms with E-state index in [0.29, 0.717) is 0 Å². The van der Waals surface area contributed by atoms with Crippen LogP contribution in [0.15, 0.2) is 36.4 Å². The summed E-state index contributed by atoms with van der Waals surface area (Å²) in [5.41, 5.74) is 7.20. The average molecular weight is 264 g/mol. The molecule has 20 heavy (non-hydrogen) atoms. The molecule has 0 atom stereocenters. The molecule has 1 aromatic carbocycles. The van der Waals surface area contributed by atoms with Crippen LogP contribution in [0.1, 0.15) is 29.7 Å². The van der Waals surface area contributed by atoms with Gasteiger partial charge < -0.3 is 10.3 Å². The Morgan fingerprint density at radius 3 is 2.85 bits per heavy atom. The molecule has 1 aromatic heterocycles. The molecule has 2 aliphatic rings. The second-order valence-corrected chi connectivity index (χ2v) is 5.72. The van der Waals surface area contributed by atoms with Crippen LogP contribution in [0.4, 0.5) is 0 Å². The van der Waals surface area contributed by atoms with Crippen molar-refractivity contribution in [2.24, 2.45) is 0 Å². The minimum absolute atomic E-state index is 1.08. The van der Waals surface area contributed by atoms with Crippen molar-refractivity contribution in [3.63, 3.8) is 0 Å². The molecule has 0 unspecified atom stereocenters. The predicted molar refractivity (Wildman–Crippen MR) is 84.9 cm³/mol. The Bertz CT molecular complexity index is 704. The maximum absolute atomic E-state index is 3.65. The highest BCUT2D eigenvalue weighted by Crippen LogP contribution is 2.34. The first kappa shape index (κ1) is 12.0. The number of hydrogen-bond acceptors (Lipinski definition) is 1. The molecular weight excluding hydrogens is 244 g/mol. The molecule has 0 saturated carbocycles. The molecular formula is C18H20N2. The third-order valence-corrected chi connectivity index (χ3v) is 4.48. The molecule has 0 bridgehead atoms. The zero-order valence-corrected chi connectivity index (χ0v) is 11.7. The van der Waals surface area contributed by atoms with Crippen molar-refractivity contribution in [3.05, 3.63) is 53.2 Å². The highest BCUT2D eigenvalue weighted by molar-refractivity contribution is 5.96. The summed E-state index contributed by atoms with van der Waals surface area (Å²) in [6.07, 6.45) is 11.3. The van der Waals surface area contributed by atoms with Crippen molar-refractivity contribution in [1.82, 2.24) is 10.3 Å². The van der Waals surface area contributed by atoms with E-state index >= 15 is 0 Å². The Balaban J connectivity index is 1.94. The summed E-state index contributed by atoms with van der Waals surface area (Å²) in [4.78, 5) is 3.65. The number of fused-ring (bicyclic) bond motifs is 3. The van der Waals surface area contributed by atoms with Crippen LogP contribution < -0.4 is 5.32 Å². The summed E-state index contributed by atoms with van der Waals surface area (Å²) in [7, 11) is 0. The number of allylic oxidation sites excluding steroid dienone is 4. The van der Waals surface area contributed by atoms with E-state index in [1.54, 1.807) is 0 Å².